The van der Waals surface area contributed by atoms with Crippen molar-refractivity contribution in [3.63, 3.8) is 0 Å². The van der Waals surface area contributed by atoms with Gasteiger partial charge in [-0.05, 0) is 18.9 Å². The van der Waals surface area contributed by atoms with E-state index < -0.39 is 0 Å². The molecular weight excluding hydrogens is 212 g/mol. The van der Waals surface area contributed by atoms with Crippen LogP contribution in [0.5, 0.6) is 0 Å². The average Bonchev–Trinajstić information content (AvgIpc) is 2.76. The van der Waals surface area contributed by atoms with Gasteiger partial charge in [-0.2, -0.15) is 0 Å². The lowest BCUT2D eigenvalue weighted by Gasteiger charge is -2.03. The SMILES string of the molecule is CCC(N)c1cn(Cc2cccc(C)c2)nn1. The Morgan fingerprint density at radius 1 is 1.41 bits per heavy atom. The largest absolute Gasteiger partial charge is 0.323 e. The number of nitrogens with two attached hydrogens (primary N) is 1. The van der Waals surface area contributed by atoms with E-state index >= 15 is 0 Å². The maximum atomic E-state index is 5.91. The summed E-state index contributed by atoms with van der Waals surface area (Å²) in [5, 5.41) is 8.19. The van der Waals surface area contributed by atoms with Crippen molar-refractivity contribution in [1.82, 2.24) is 15.0 Å². The highest BCUT2D eigenvalue weighted by molar-refractivity contribution is 5.22. The number of aromatic nitrogens is 3. The molecule has 0 aliphatic rings. The monoisotopic (exact) mass is 230 g/mol. The van der Waals surface area contributed by atoms with Crippen LogP contribution in [0.2, 0.25) is 0 Å². The van der Waals surface area contributed by atoms with E-state index in [1.54, 1.807) is 0 Å². The Morgan fingerprint density at radius 3 is 2.94 bits per heavy atom. The molecule has 0 fully saturated rings. The lowest BCUT2D eigenvalue weighted by atomic mass is 10.1. The van der Waals surface area contributed by atoms with Crippen LogP contribution in [0.4, 0.5) is 0 Å². The van der Waals surface area contributed by atoms with Crippen molar-refractivity contribution in [3.8, 4) is 0 Å². The van der Waals surface area contributed by atoms with Gasteiger partial charge in [0, 0.05) is 0 Å². The Bertz CT molecular complexity index is 490. The molecule has 0 aliphatic carbocycles. The van der Waals surface area contributed by atoms with Crippen LogP contribution in [0.15, 0.2) is 30.5 Å². The summed E-state index contributed by atoms with van der Waals surface area (Å²) in [6.07, 6.45) is 2.81. The van der Waals surface area contributed by atoms with Crippen LogP contribution in [0, 0.1) is 6.92 Å². The zero-order chi connectivity index (χ0) is 12.3. The van der Waals surface area contributed by atoms with Gasteiger partial charge in [-0.3, -0.25) is 0 Å². The van der Waals surface area contributed by atoms with Crippen LogP contribution in [-0.2, 0) is 6.54 Å². The highest BCUT2D eigenvalue weighted by atomic mass is 15.4. The molecule has 4 nitrogen and oxygen atoms in total. The van der Waals surface area contributed by atoms with E-state index in [1.807, 2.05) is 17.8 Å². The molecule has 17 heavy (non-hydrogen) atoms. The number of hydrogen-bond acceptors (Lipinski definition) is 3. The second-order valence-electron chi connectivity index (χ2n) is 4.34. The molecule has 1 aromatic carbocycles. The summed E-state index contributed by atoms with van der Waals surface area (Å²) in [5.41, 5.74) is 9.26. The first-order valence-electron chi connectivity index (χ1n) is 5.90. The zero-order valence-electron chi connectivity index (χ0n) is 10.3. The van der Waals surface area contributed by atoms with Gasteiger partial charge in [0.25, 0.3) is 0 Å². The molecule has 0 radical (unpaired) electrons. The topological polar surface area (TPSA) is 56.7 Å². The number of aryl methyl sites for hydroxylation is 1. The van der Waals surface area contributed by atoms with Gasteiger partial charge < -0.3 is 5.73 Å². The molecule has 4 heteroatoms. The third-order valence-electron chi connectivity index (χ3n) is 2.80. The molecule has 0 saturated carbocycles. The fourth-order valence-electron chi connectivity index (χ4n) is 1.77. The highest BCUT2D eigenvalue weighted by Gasteiger charge is 2.08. The standard InChI is InChI=1S/C13H18N4/c1-3-12(14)13-9-17(16-15-13)8-11-6-4-5-10(2)7-11/h4-7,9,12H,3,8,14H2,1-2H3. The van der Waals surface area contributed by atoms with E-state index in [2.05, 4.69) is 41.5 Å². The van der Waals surface area contributed by atoms with Gasteiger partial charge in [-0.1, -0.05) is 42.0 Å². The molecule has 1 aromatic heterocycles. The number of hydrogen-bond donors (Lipinski definition) is 1. The second-order valence-corrected chi connectivity index (χ2v) is 4.34. The molecule has 0 aliphatic heterocycles. The first-order chi connectivity index (χ1) is 8.19. The van der Waals surface area contributed by atoms with Crippen LogP contribution in [0.3, 0.4) is 0 Å². The Labute approximate surface area is 101 Å². The minimum atomic E-state index is -0.0127. The van der Waals surface area contributed by atoms with Gasteiger partial charge in [0.15, 0.2) is 0 Å². The molecule has 0 amide bonds. The first-order valence-corrected chi connectivity index (χ1v) is 5.90. The zero-order valence-corrected chi connectivity index (χ0v) is 10.3. The van der Waals surface area contributed by atoms with E-state index in [4.69, 9.17) is 5.73 Å². The fraction of sp³-hybridized carbons (Fsp3) is 0.385. The molecule has 1 unspecified atom stereocenters. The Kier molecular flexibility index (Phi) is 3.54. The van der Waals surface area contributed by atoms with Crippen molar-refractivity contribution in [1.29, 1.82) is 0 Å². The van der Waals surface area contributed by atoms with E-state index in [0.29, 0.717) is 0 Å². The highest BCUT2D eigenvalue weighted by Crippen LogP contribution is 2.11. The quantitative estimate of drug-likeness (QED) is 0.874. The van der Waals surface area contributed by atoms with Gasteiger partial charge in [0.05, 0.1) is 24.5 Å². The third-order valence-corrected chi connectivity index (χ3v) is 2.80. The minimum Gasteiger partial charge on any atom is -0.323 e. The average molecular weight is 230 g/mol. The van der Waals surface area contributed by atoms with Crippen molar-refractivity contribution >= 4 is 0 Å². The van der Waals surface area contributed by atoms with Crippen molar-refractivity contribution in [2.24, 2.45) is 5.73 Å². The van der Waals surface area contributed by atoms with Crippen LogP contribution < -0.4 is 5.73 Å². The maximum Gasteiger partial charge on any atom is 0.0994 e. The van der Waals surface area contributed by atoms with Crippen molar-refractivity contribution < 1.29 is 0 Å². The van der Waals surface area contributed by atoms with Crippen LogP contribution >= 0.6 is 0 Å². The van der Waals surface area contributed by atoms with E-state index in [0.717, 1.165) is 18.7 Å². The van der Waals surface area contributed by atoms with Crippen LogP contribution in [0.25, 0.3) is 0 Å². The van der Waals surface area contributed by atoms with Crippen molar-refractivity contribution in [2.45, 2.75) is 32.9 Å². The summed E-state index contributed by atoms with van der Waals surface area (Å²) in [6.45, 7) is 4.87. The smallest absolute Gasteiger partial charge is 0.0994 e. The molecule has 2 N–H and O–H groups in total. The van der Waals surface area contributed by atoms with E-state index in [1.165, 1.54) is 11.1 Å². The third kappa shape index (κ3) is 2.91. The Hall–Kier alpha value is -1.68. The summed E-state index contributed by atoms with van der Waals surface area (Å²) >= 11 is 0. The lowest BCUT2D eigenvalue weighted by Crippen LogP contribution is -2.08. The summed E-state index contributed by atoms with van der Waals surface area (Å²) < 4.78 is 1.83. The molecule has 0 spiro atoms. The summed E-state index contributed by atoms with van der Waals surface area (Å²) in [4.78, 5) is 0. The predicted molar refractivity (Wildman–Crippen MR) is 67.5 cm³/mol. The Balaban J connectivity index is 2.11. The van der Waals surface area contributed by atoms with Gasteiger partial charge >= 0.3 is 0 Å². The molecule has 1 heterocycles. The van der Waals surface area contributed by atoms with Crippen molar-refractivity contribution in [3.05, 3.63) is 47.3 Å². The summed E-state index contributed by atoms with van der Waals surface area (Å²) in [5.74, 6) is 0. The van der Waals surface area contributed by atoms with Gasteiger partial charge in [0.2, 0.25) is 0 Å². The normalized spacial score (nSPS) is 12.6. The van der Waals surface area contributed by atoms with Crippen molar-refractivity contribution in [2.75, 3.05) is 0 Å². The number of benzene rings is 1. The number of rotatable bonds is 4. The van der Waals surface area contributed by atoms with Gasteiger partial charge in [-0.15, -0.1) is 5.10 Å². The summed E-state index contributed by atoms with van der Waals surface area (Å²) in [7, 11) is 0. The molecule has 0 bridgehead atoms. The molecular formula is C13H18N4. The summed E-state index contributed by atoms with van der Waals surface area (Å²) in [6, 6.07) is 8.37. The number of nitrogens with zero attached hydrogens (tertiary/aromatic N) is 3. The second kappa shape index (κ2) is 5.10. The Morgan fingerprint density at radius 2 is 2.24 bits per heavy atom. The minimum absolute atomic E-state index is 0.0127. The predicted octanol–water partition coefficient (Wildman–Crippen LogP) is 2.04. The first kappa shape index (κ1) is 11.8. The molecule has 1 atom stereocenters. The van der Waals surface area contributed by atoms with Gasteiger partial charge in [0.1, 0.15) is 0 Å². The van der Waals surface area contributed by atoms with Gasteiger partial charge in [-0.25, -0.2) is 4.68 Å². The molecule has 2 aromatic rings. The molecule has 0 saturated heterocycles. The van der Waals surface area contributed by atoms with Crippen LogP contribution in [-0.4, -0.2) is 15.0 Å². The maximum absolute atomic E-state index is 5.91. The van der Waals surface area contributed by atoms with E-state index in [-0.39, 0.29) is 6.04 Å². The molecule has 90 valence electrons. The van der Waals surface area contributed by atoms with Crippen LogP contribution in [0.1, 0.15) is 36.2 Å². The van der Waals surface area contributed by atoms with E-state index in [9.17, 15) is 0 Å². The fourth-order valence-corrected chi connectivity index (χ4v) is 1.77. The lowest BCUT2D eigenvalue weighted by molar-refractivity contribution is 0.644. The molecule has 2 rings (SSSR count).